The minimum absolute atomic E-state index is 0.0810. The van der Waals surface area contributed by atoms with E-state index < -0.39 is 24.3 Å². The zero-order valence-corrected chi connectivity index (χ0v) is 17.0. The van der Waals surface area contributed by atoms with E-state index in [9.17, 15) is 20.1 Å². The molecule has 0 heterocycles. The maximum atomic E-state index is 10.8. The van der Waals surface area contributed by atoms with E-state index in [2.05, 4.69) is 6.92 Å². The molecule has 5 heteroatoms. The van der Waals surface area contributed by atoms with Crippen molar-refractivity contribution in [2.75, 3.05) is 0 Å². The van der Waals surface area contributed by atoms with Crippen molar-refractivity contribution in [1.29, 1.82) is 0 Å². The van der Waals surface area contributed by atoms with E-state index in [4.69, 9.17) is 5.11 Å². The standard InChI is InChI=1S/C22H38O5/c1-4-5-9-15(2)19(23)13-12-18-17(20(24)14-21(18)25)11-8-6-7-10-16(3)22(26)27/h6,8,12-13,15-21,23-25H,4-5,7,9-11,14H2,1-3H3,(H,26,27)/b8-6-,13-12+/t15-,16?,17+,18+,19+,20-,21+/m0/s1. The van der Waals surface area contributed by atoms with Gasteiger partial charge >= 0.3 is 5.97 Å². The lowest BCUT2D eigenvalue weighted by molar-refractivity contribution is -0.141. The van der Waals surface area contributed by atoms with Crippen LogP contribution in [0.5, 0.6) is 0 Å². The predicted octanol–water partition coefficient (Wildman–Crippen LogP) is 3.53. The molecule has 0 spiro atoms. The molecule has 0 radical (unpaired) electrons. The average Bonchev–Trinajstić information content (AvgIpc) is 2.89. The van der Waals surface area contributed by atoms with Crippen molar-refractivity contribution in [1.82, 2.24) is 0 Å². The molecule has 1 unspecified atom stereocenters. The Balaban J connectivity index is 2.56. The van der Waals surface area contributed by atoms with Crippen LogP contribution in [-0.4, -0.2) is 44.7 Å². The fourth-order valence-corrected chi connectivity index (χ4v) is 3.68. The lowest BCUT2D eigenvalue weighted by Gasteiger charge is -2.21. The highest BCUT2D eigenvalue weighted by atomic mass is 16.4. The molecule has 1 saturated carbocycles. The van der Waals surface area contributed by atoms with E-state index in [0.717, 1.165) is 19.3 Å². The van der Waals surface area contributed by atoms with Crippen LogP contribution in [-0.2, 0) is 4.79 Å². The van der Waals surface area contributed by atoms with Crippen LogP contribution in [0.25, 0.3) is 0 Å². The van der Waals surface area contributed by atoms with Gasteiger partial charge in [0.05, 0.1) is 24.2 Å². The van der Waals surface area contributed by atoms with Gasteiger partial charge in [0.15, 0.2) is 0 Å². The van der Waals surface area contributed by atoms with Gasteiger partial charge in [0, 0.05) is 12.3 Å². The summed E-state index contributed by atoms with van der Waals surface area (Å²) >= 11 is 0. The molecule has 1 aliphatic carbocycles. The SMILES string of the molecule is CCCC[C@H](C)[C@H](O)/C=C/[C@@H]1[C@@H](C/C=C\CCC(C)C(=O)O)[C@@H](O)C[C@H]1O. The second-order valence-electron chi connectivity index (χ2n) is 8.13. The highest BCUT2D eigenvalue weighted by Crippen LogP contribution is 2.36. The van der Waals surface area contributed by atoms with E-state index in [1.807, 2.05) is 25.2 Å². The first kappa shape index (κ1) is 23.9. The Kier molecular flexibility index (Phi) is 10.9. The van der Waals surface area contributed by atoms with Gasteiger partial charge in [0.2, 0.25) is 0 Å². The quantitative estimate of drug-likeness (QED) is 0.387. The molecule has 0 saturated heterocycles. The van der Waals surface area contributed by atoms with Crippen LogP contribution in [0.4, 0.5) is 0 Å². The number of aliphatic carboxylic acids is 1. The van der Waals surface area contributed by atoms with E-state index in [-0.39, 0.29) is 23.7 Å². The van der Waals surface area contributed by atoms with Crippen molar-refractivity contribution >= 4 is 5.97 Å². The smallest absolute Gasteiger partial charge is 0.306 e. The molecule has 0 aliphatic heterocycles. The molecule has 156 valence electrons. The molecule has 1 aliphatic rings. The summed E-state index contributed by atoms with van der Waals surface area (Å²) in [7, 11) is 0. The molecular formula is C22H38O5. The number of carbonyl (C=O) groups is 1. The monoisotopic (exact) mass is 382 g/mol. The molecule has 27 heavy (non-hydrogen) atoms. The van der Waals surface area contributed by atoms with Crippen molar-refractivity contribution < 1.29 is 25.2 Å². The predicted molar refractivity (Wildman–Crippen MR) is 107 cm³/mol. The molecule has 1 rings (SSSR count). The second-order valence-corrected chi connectivity index (χ2v) is 8.13. The van der Waals surface area contributed by atoms with E-state index in [0.29, 0.717) is 25.7 Å². The van der Waals surface area contributed by atoms with Crippen LogP contribution in [0.1, 0.15) is 65.7 Å². The molecule has 0 aromatic heterocycles. The number of carboxylic acid groups (broad SMARTS) is 1. The summed E-state index contributed by atoms with van der Waals surface area (Å²) in [4.78, 5) is 10.8. The van der Waals surface area contributed by atoms with Gasteiger partial charge in [-0.3, -0.25) is 4.79 Å². The van der Waals surface area contributed by atoms with Crippen molar-refractivity contribution in [3.63, 3.8) is 0 Å². The molecule has 7 atom stereocenters. The first-order chi connectivity index (χ1) is 12.8. The molecule has 0 aromatic carbocycles. The summed E-state index contributed by atoms with van der Waals surface area (Å²) < 4.78 is 0. The zero-order valence-electron chi connectivity index (χ0n) is 17.0. The molecule has 0 aromatic rings. The fraction of sp³-hybridized carbons (Fsp3) is 0.773. The van der Waals surface area contributed by atoms with Crippen molar-refractivity contribution in [3.8, 4) is 0 Å². The van der Waals surface area contributed by atoms with Gasteiger partial charge in [-0.2, -0.15) is 0 Å². The number of aliphatic hydroxyl groups is 3. The fourth-order valence-electron chi connectivity index (χ4n) is 3.68. The molecule has 5 nitrogen and oxygen atoms in total. The number of hydrogen-bond donors (Lipinski definition) is 4. The van der Waals surface area contributed by atoms with Gasteiger partial charge in [-0.05, 0) is 37.5 Å². The summed E-state index contributed by atoms with van der Waals surface area (Å²) in [6.07, 6.45) is 11.3. The largest absolute Gasteiger partial charge is 0.481 e. The minimum atomic E-state index is -0.783. The van der Waals surface area contributed by atoms with Crippen LogP contribution in [0.3, 0.4) is 0 Å². The molecular weight excluding hydrogens is 344 g/mol. The highest BCUT2D eigenvalue weighted by molar-refractivity contribution is 5.69. The Morgan fingerprint density at radius 2 is 1.85 bits per heavy atom. The third kappa shape index (κ3) is 8.16. The Labute approximate surface area is 163 Å². The third-order valence-corrected chi connectivity index (χ3v) is 5.81. The Bertz CT molecular complexity index is 487. The van der Waals surface area contributed by atoms with Gasteiger partial charge in [-0.25, -0.2) is 0 Å². The number of hydrogen-bond acceptors (Lipinski definition) is 4. The first-order valence-corrected chi connectivity index (χ1v) is 10.4. The first-order valence-electron chi connectivity index (χ1n) is 10.4. The Morgan fingerprint density at radius 1 is 1.15 bits per heavy atom. The average molecular weight is 383 g/mol. The number of carboxylic acids is 1. The normalized spacial score (nSPS) is 29.4. The topological polar surface area (TPSA) is 98.0 Å². The van der Waals surface area contributed by atoms with Gasteiger partial charge in [0.1, 0.15) is 0 Å². The van der Waals surface area contributed by atoms with Crippen LogP contribution < -0.4 is 0 Å². The van der Waals surface area contributed by atoms with Crippen molar-refractivity contribution in [3.05, 3.63) is 24.3 Å². The van der Waals surface area contributed by atoms with Gasteiger partial charge in [-0.1, -0.05) is 57.9 Å². The van der Waals surface area contributed by atoms with Crippen molar-refractivity contribution in [2.24, 2.45) is 23.7 Å². The summed E-state index contributed by atoms with van der Waals surface area (Å²) in [6, 6.07) is 0. The van der Waals surface area contributed by atoms with Crippen LogP contribution in [0.2, 0.25) is 0 Å². The van der Waals surface area contributed by atoms with Crippen LogP contribution in [0, 0.1) is 23.7 Å². The lowest BCUT2D eigenvalue weighted by atomic mass is 9.88. The third-order valence-electron chi connectivity index (χ3n) is 5.81. The van der Waals surface area contributed by atoms with Crippen molar-refractivity contribution in [2.45, 2.75) is 84.0 Å². The van der Waals surface area contributed by atoms with Crippen LogP contribution >= 0.6 is 0 Å². The summed E-state index contributed by atoms with van der Waals surface area (Å²) in [6.45, 7) is 5.86. The second kappa shape index (κ2) is 12.3. The summed E-state index contributed by atoms with van der Waals surface area (Å²) in [5, 5.41) is 39.7. The minimum Gasteiger partial charge on any atom is -0.481 e. The Morgan fingerprint density at radius 3 is 2.48 bits per heavy atom. The van der Waals surface area contributed by atoms with Gasteiger partial charge < -0.3 is 20.4 Å². The zero-order chi connectivity index (χ0) is 20.4. The molecule has 4 N–H and O–H groups in total. The maximum absolute atomic E-state index is 10.8. The number of aliphatic hydroxyl groups excluding tert-OH is 3. The highest BCUT2D eigenvalue weighted by Gasteiger charge is 2.39. The van der Waals surface area contributed by atoms with E-state index in [1.54, 1.807) is 13.0 Å². The van der Waals surface area contributed by atoms with Gasteiger partial charge in [0.25, 0.3) is 0 Å². The van der Waals surface area contributed by atoms with Gasteiger partial charge in [-0.15, -0.1) is 0 Å². The maximum Gasteiger partial charge on any atom is 0.306 e. The van der Waals surface area contributed by atoms with E-state index >= 15 is 0 Å². The van der Waals surface area contributed by atoms with Crippen LogP contribution in [0.15, 0.2) is 24.3 Å². The summed E-state index contributed by atoms with van der Waals surface area (Å²) in [5.74, 6) is -1.22. The number of unbranched alkanes of at least 4 members (excludes halogenated alkanes) is 1. The Hall–Kier alpha value is -1.17. The number of rotatable bonds is 12. The molecule has 0 amide bonds. The number of allylic oxidation sites excluding steroid dienone is 2. The summed E-state index contributed by atoms with van der Waals surface area (Å²) in [5.41, 5.74) is 0. The van der Waals surface area contributed by atoms with E-state index in [1.165, 1.54) is 0 Å². The lowest BCUT2D eigenvalue weighted by Crippen LogP contribution is -2.21. The molecule has 0 bridgehead atoms. The molecule has 1 fully saturated rings.